The van der Waals surface area contributed by atoms with Crippen LogP contribution in [0, 0.1) is 10.1 Å². The van der Waals surface area contributed by atoms with Crippen molar-refractivity contribution in [3.8, 4) is 0 Å². The number of hydrogen-bond donors (Lipinski definition) is 3. The molecule has 0 spiro atoms. The van der Waals surface area contributed by atoms with Gasteiger partial charge in [-0.25, -0.2) is 10.8 Å². The zero-order valence-corrected chi connectivity index (χ0v) is 10.8. The van der Waals surface area contributed by atoms with E-state index >= 15 is 0 Å². The number of nitrogens with zero attached hydrogens (tertiary/aromatic N) is 3. The highest BCUT2D eigenvalue weighted by atomic mass is 16.6. The molecule has 0 fully saturated rings. The summed E-state index contributed by atoms with van der Waals surface area (Å²) >= 11 is 0. The van der Waals surface area contributed by atoms with Crippen molar-refractivity contribution in [2.24, 2.45) is 5.84 Å². The first-order chi connectivity index (χ1) is 9.61. The molecular weight excluding hydrogens is 260 g/mol. The molecule has 0 bridgehead atoms. The van der Waals surface area contributed by atoms with Gasteiger partial charge in [0.15, 0.2) is 0 Å². The van der Waals surface area contributed by atoms with Gasteiger partial charge < -0.3 is 10.7 Å². The predicted octanol–water partition coefficient (Wildman–Crippen LogP) is 1.84. The lowest BCUT2D eigenvalue weighted by molar-refractivity contribution is -0.384. The van der Waals surface area contributed by atoms with Gasteiger partial charge in [0.25, 0.3) is 0 Å². The van der Waals surface area contributed by atoms with Gasteiger partial charge in [-0.05, 0) is 25.1 Å². The minimum absolute atomic E-state index is 0.119. The Morgan fingerprint density at radius 1 is 1.35 bits per heavy atom. The molecule has 2 aromatic rings. The van der Waals surface area contributed by atoms with E-state index in [0.29, 0.717) is 5.82 Å². The van der Waals surface area contributed by atoms with Gasteiger partial charge in [-0.15, -0.1) is 0 Å². The largest absolute Gasteiger partial charge is 0.356 e. The Kier molecular flexibility index (Phi) is 4.06. The molecule has 0 aromatic carbocycles. The molecule has 8 nitrogen and oxygen atoms in total. The molecule has 1 atom stereocenters. The van der Waals surface area contributed by atoms with E-state index in [9.17, 15) is 10.1 Å². The third kappa shape index (κ3) is 2.98. The summed E-state index contributed by atoms with van der Waals surface area (Å²) in [5.41, 5.74) is 3.00. The fourth-order valence-corrected chi connectivity index (χ4v) is 1.70. The van der Waals surface area contributed by atoms with Crippen molar-refractivity contribution in [1.82, 2.24) is 9.97 Å². The quantitative estimate of drug-likeness (QED) is 0.432. The van der Waals surface area contributed by atoms with E-state index < -0.39 is 4.92 Å². The van der Waals surface area contributed by atoms with E-state index in [-0.39, 0.29) is 17.5 Å². The second-order valence-electron chi connectivity index (χ2n) is 4.09. The van der Waals surface area contributed by atoms with Gasteiger partial charge in [-0.1, -0.05) is 6.07 Å². The fraction of sp³-hybridized carbons (Fsp3) is 0.167. The van der Waals surface area contributed by atoms with Gasteiger partial charge in [0, 0.05) is 12.3 Å². The number of nitrogen functional groups attached to an aromatic ring is 1. The average molecular weight is 274 g/mol. The van der Waals surface area contributed by atoms with Crippen molar-refractivity contribution in [3.63, 3.8) is 0 Å². The maximum absolute atomic E-state index is 11.0. The van der Waals surface area contributed by atoms with Gasteiger partial charge in [-0.2, -0.15) is 0 Å². The molecule has 2 aromatic heterocycles. The molecule has 0 amide bonds. The number of aromatic nitrogens is 2. The summed E-state index contributed by atoms with van der Waals surface area (Å²) in [6, 6.07) is 8.03. The number of hydrazine groups is 1. The monoisotopic (exact) mass is 274 g/mol. The number of anilines is 2. The highest BCUT2D eigenvalue weighted by Crippen LogP contribution is 2.27. The summed E-state index contributed by atoms with van der Waals surface area (Å²) in [5, 5.41) is 14.0. The van der Waals surface area contributed by atoms with Crippen molar-refractivity contribution >= 4 is 17.3 Å². The van der Waals surface area contributed by atoms with Crippen LogP contribution in [0.15, 0.2) is 36.5 Å². The van der Waals surface area contributed by atoms with Crippen molar-refractivity contribution in [2.75, 3.05) is 10.7 Å². The van der Waals surface area contributed by atoms with E-state index in [1.165, 1.54) is 12.1 Å². The zero-order chi connectivity index (χ0) is 14.5. The van der Waals surface area contributed by atoms with Crippen LogP contribution in [-0.4, -0.2) is 14.9 Å². The van der Waals surface area contributed by atoms with E-state index in [2.05, 4.69) is 20.7 Å². The molecule has 1 unspecified atom stereocenters. The maximum Gasteiger partial charge on any atom is 0.311 e. The summed E-state index contributed by atoms with van der Waals surface area (Å²) < 4.78 is 0. The van der Waals surface area contributed by atoms with Crippen LogP contribution in [0.5, 0.6) is 0 Å². The molecule has 0 radical (unpaired) electrons. The highest BCUT2D eigenvalue weighted by Gasteiger charge is 2.18. The first-order valence-electron chi connectivity index (χ1n) is 5.91. The van der Waals surface area contributed by atoms with Crippen LogP contribution in [0.3, 0.4) is 0 Å². The lowest BCUT2D eigenvalue weighted by Crippen LogP contribution is -2.14. The predicted molar refractivity (Wildman–Crippen MR) is 75.0 cm³/mol. The molecule has 20 heavy (non-hydrogen) atoms. The number of nitro groups is 1. The molecule has 0 aliphatic heterocycles. The first kappa shape index (κ1) is 13.7. The molecule has 0 aliphatic rings. The van der Waals surface area contributed by atoms with Crippen LogP contribution in [0.2, 0.25) is 0 Å². The minimum Gasteiger partial charge on any atom is -0.356 e. The molecule has 2 heterocycles. The molecular formula is C12H14N6O2. The van der Waals surface area contributed by atoms with Gasteiger partial charge in [0.1, 0.15) is 5.82 Å². The Bertz CT molecular complexity index is 604. The maximum atomic E-state index is 11.0. The van der Waals surface area contributed by atoms with Crippen molar-refractivity contribution in [2.45, 2.75) is 13.0 Å². The summed E-state index contributed by atoms with van der Waals surface area (Å²) in [7, 11) is 0. The number of pyridine rings is 2. The Morgan fingerprint density at radius 3 is 2.75 bits per heavy atom. The Balaban J connectivity index is 2.29. The van der Waals surface area contributed by atoms with Crippen molar-refractivity contribution < 1.29 is 4.92 Å². The molecule has 0 saturated carbocycles. The summed E-state index contributed by atoms with van der Waals surface area (Å²) in [4.78, 5) is 18.8. The second kappa shape index (κ2) is 5.93. The average Bonchev–Trinajstić information content (AvgIpc) is 2.47. The van der Waals surface area contributed by atoms with Gasteiger partial charge in [0.2, 0.25) is 5.82 Å². The molecule has 8 heteroatoms. The molecule has 0 aliphatic carbocycles. The summed E-state index contributed by atoms with van der Waals surface area (Å²) in [6.45, 7) is 1.84. The fourth-order valence-electron chi connectivity index (χ4n) is 1.70. The van der Waals surface area contributed by atoms with Crippen molar-refractivity contribution in [3.05, 3.63) is 52.3 Å². The summed E-state index contributed by atoms with van der Waals surface area (Å²) in [6.07, 6.45) is 1.66. The lowest BCUT2D eigenvalue weighted by Gasteiger charge is -2.14. The highest BCUT2D eigenvalue weighted by molar-refractivity contribution is 5.60. The third-order valence-corrected chi connectivity index (χ3v) is 2.70. The van der Waals surface area contributed by atoms with Crippen LogP contribution in [-0.2, 0) is 0 Å². The SMILES string of the molecule is CC(Nc1nc(NN)ccc1[N+](=O)[O-])c1ccccn1. The Hall–Kier alpha value is -2.74. The number of rotatable bonds is 5. The molecule has 4 N–H and O–H groups in total. The smallest absolute Gasteiger partial charge is 0.311 e. The molecule has 104 valence electrons. The third-order valence-electron chi connectivity index (χ3n) is 2.70. The van der Waals surface area contributed by atoms with Crippen LogP contribution in [0.25, 0.3) is 0 Å². The van der Waals surface area contributed by atoms with Crippen molar-refractivity contribution in [1.29, 1.82) is 0 Å². The second-order valence-corrected chi connectivity index (χ2v) is 4.09. The minimum atomic E-state index is -0.499. The molecule has 2 rings (SSSR count). The van der Waals surface area contributed by atoms with Crippen LogP contribution in [0.1, 0.15) is 18.7 Å². The number of hydrogen-bond acceptors (Lipinski definition) is 7. The number of nitrogens with one attached hydrogen (secondary N) is 2. The Morgan fingerprint density at radius 2 is 2.15 bits per heavy atom. The van der Waals surface area contributed by atoms with Gasteiger partial charge in [-0.3, -0.25) is 15.1 Å². The van der Waals surface area contributed by atoms with E-state index in [1.54, 1.807) is 12.3 Å². The standard InChI is InChI=1S/C12H14N6O2/c1-8(9-4-2-3-7-14-9)15-12-10(18(19)20)5-6-11(16-12)17-13/h2-8H,13H2,1H3,(H2,15,16,17). The van der Waals surface area contributed by atoms with E-state index in [1.807, 2.05) is 19.1 Å². The van der Waals surface area contributed by atoms with Gasteiger partial charge >= 0.3 is 5.69 Å². The first-order valence-corrected chi connectivity index (χ1v) is 5.91. The van der Waals surface area contributed by atoms with Crippen LogP contribution >= 0.6 is 0 Å². The Labute approximate surface area is 115 Å². The topological polar surface area (TPSA) is 119 Å². The van der Waals surface area contributed by atoms with E-state index in [0.717, 1.165) is 5.69 Å². The molecule has 0 saturated heterocycles. The zero-order valence-electron chi connectivity index (χ0n) is 10.8. The lowest BCUT2D eigenvalue weighted by atomic mass is 10.2. The number of nitrogens with two attached hydrogens (primary N) is 1. The van der Waals surface area contributed by atoms with E-state index in [4.69, 9.17) is 5.84 Å². The van der Waals surface area contributed by atoms with Gasteiger partial charge in [0.05, 0.1) is 16.7 Å². The van der Waals surface area contributed by atoms with Crippen LogP contribution < -0.4 is 16.6 Å². The van der Waals surface area contributed by atoms with Crippen LogP contribution in [0.4, 0.5) is 17.3 Å². The normalized spacial score (nSPS) is 11.7. The summed E-state index contributed by atoms with van der Waals surface area (Å²) in [5.74, 6) is 5.75.